The lowest BCUT2D eigenvalue weighted by atomic mass is 10.2. The van der Waals surface area contributed by atoms with Crippen LogP contribution in [0.2, 0.25) is 0 Å². The fraction of sp³-hybridized carbons (Fsp3) is 0.400. The Morgan fingerprint density at radius 3 is 2.31 bits per heavy atom. The molecule has 1 aromatic carbocycles. The number of ether oxygens (including phenoxy) is 1. The van der Waals surface area contributed by atoms with Crippen molar-refractivity contribution in [3.8, 4) is 5.75 Å². The van der Waals surface area contributed by atoms with E-state index in [0.29, 0.717) is 11.3 Å². The molecule has 0 aliphatic carbocycles. The largest absolute Gasteiger partial charge is 0.496 e. The van der Waals surface area contributed by atoms with Gasteiger partial charge in [0.2, 0.25) is 0 Å². The fourth-order valence-corrected chi connectivity index (χ4v) is 1.18. The smallest absolute Gasteiger partial charge is 0.130 e. The summed E-state index contributed by atoms with van der Waals surface area (Å²) < 4.78 is 17.9. The topological polar surface area (TPSA) is 9.23 Å². The Labute approximate surface area is 81.5 Å². The van der Waals surface area contributed by atoms with E-state index in [4.69, 9.17) is 4.74 Å². The third-order valence-corrected chi connectivity index (χ3v) is 1.87. The normalized spacial score (nSPS) is 8.77. The lowest BCUT2D eigenvalue weighted by molar-refractivity contribution is 0.408. The zero-order valence-electron chi connectivity index (χ0n) is 8.52. The van der Waals surface area contributed by atoms with Gasteiger partial charge in [0.15, 0.2) is 0 Å². The molecule has 0 N–H and O–H groups in total. The first kappa shape index (κ1) is 12.4. The molecule has 0 aromatic heterocycles. The molecule has 0 aliphatic rings. The Hall–Kier alpha value is -0.620. The van der Waals surface area contributed by atoms with Crippen LogP contribution in [0, 0.1) is 12.7 Å². The van der Waals surface area contributed by atoms with Crippen molar-refractivity contribution in [2.24, 2.45) is 0 Å². The van der Waals surface area contributed by atoms with Crippen LogP contribution in [0.3, 0.4) is 0 Å². The summed E-state index contributed by atoms with van der Waals surface area (Å²) in [5.74, 6) is 0.365. The maximum Gasteiger partial charge on any atom is 0.130 e. The van der Waals surface area contributed by atoms with Crippen molar-refractivity contribution in [1.29, 1.82) is 0 Å². The van der Waals surface area contributed by atoms with Gasteiger partial charge in [-0.25, -0.2) is 4.39 Å². The van der Waals surface area contributed by atoms with Crippen molar-refractivity contribution in [3.05, 3.63) is 23.5 Å². The molecule has 0 saturated heterocycles. The Morgan fingerprint density at radius 1 is 1.31 bits per heavy atom. The third-order valence-electron chi connectivity index (χ3n) is 1.54. The molecule has 0 spiro atoms. The maximum absolute atomic E-state index is 12.9. The van der Waals surface area contributed by atoms with Crippen LogP contribution in [0.25, 0.3) is 0 Å². The highest BCUT2D eigenvalue weighted by Crippen LogP contribution is 2.18. The van der Waals surface area contributed by atoms with Crippen LogP contribution in [0.4, 0.5) is 4.39 Å². The van der Waals surface area contributed by atoms with Crippen LogP contribution < -0.4 is 10.0 Å². The van der Waals surface area contributed by atoms with Gasteiger partial charge in [-0.2, -0.15) is 0 Å². The molecule has 0 aliphatic heterocycles. The fourth-order valence-electron chi connectivity index (χ4n) is 0.886. The number of methoxy groups -OCH3 is 1. The summed E-state index contributed by atoms with van der Waals surface area (Å²) in [6.45, 7) is 5.69. The average molecular weight is 202 g/mol. The van der Waals surface area contributed by atoms with Gasteiger partial charge in [0.05, 0.1) is 7.11 Å². The molecule has 1 atom stereocenters. The highest BCUT2D eigenvalue weighted by molar-refractivity contribution is 7.27. The van der Waals surface area contributed by atoms with Gasteiger partial charge in [0.1, 0.15) is 11.6 Å². The summed E-state index contributed by atoms with van der Waals surface area (Å²) in [7, 11) is 3.96. The number of hydrogen-bond acceptors (Lipinski definition) is 1. The molecule has 74 valence electrons. The van der Waals surface area contributed by atoms with E-state index in [9.17, 15) is 4.39 Å². The summed E-state index contributed by atoms with van der Waals surface area (Å²) in [6.07, 6.45) is 0. The van der Waals surface area contributed by atoms with Crippen LogP contribution in [0.15, 0.2) is 12.1 Å². The van der Waals surface area contributed by atoms with Crippen LogP contribution >= 0.6 is 9.24 Å². The van der Waals surface area contributed by atoms with Crippen molar-refractivity contribution in [1.82, 2.24) is 0 Å². The summed E-state index contributed by atoms with van der Waals surface area (Å²) in [4.78, 5) is 0. The third kappa shape index (κ3) is 3.31. The highest BCUT2D eigenvalue weighted by atomic mass is 31.0. The van der Waals surface area contributed by atoms with Crippen molar-refractivity contribution < 1.29 is 9.13 Å². The van der Waals surface area contributed by atoms with E-state index in [1.165, 1.54) is 13.2 Å². The van der Waals surface area contributed by atoms with E-state index in [0.717, 1.165) is 5.30 Å². The zero-order chi connectivity index (χ0) is 10.4. The Balaban J connectivity index is 0.000000671. The zero-order valence-corrected chi connectivity index (χ0v) is 9.67. The van der Waals surface area contributed by atoms with E-state index < -0.39 is 0 Å². The predicted octanol–water partition coefficient (Wildman–Crippen LogP) is 2.67. The quantitative estimate of drug-likeness (QED) is 0.636. The van der Waals surface area contributed by atoms with E-state index >= 15 is 0 Å². The molecular weight excluding hydrogens is 186 g/mol. The van der Waals surface area contributed by atoms with Gasteiger partial charge < -0.3 is 4.74 Å². The van der Waals surface area contributed by atoms with Crippen LogP contribution in [-0.4, -0.2) is 7.11 Å². The second-order valence-corrected chi connectivity index (χ2v) is 3.00. The van der Waals surface area contributed by atoms with Gasteiger partial charge in [0, 0.05) is 5.56 Å². The van der Waals surface area contributed by atoms with E-state index in [2.05, 4.69) is 9.24 Å². The van der Waals surface area contributed by atoms with Crippen molar-refractivity contribution in [3.63, 3.8) is 0 Å². The standard InChI is InChI=1S/C8H10FOP.C2H6/c1-5-7(9)3-6(11)4-8(5)10-2;1-2/h3-4H,11H2,1-2H3;1-2H3. The van der Waals surface area contributed by atoms with E-state index in [1.54, 1.807) is 13.0 Å². The molecule has 1 nitrogen and oxygen atoms in total. The van der Waals surface area contributed by atoms with Gasteiger partial charge in [-0.05, 0) is 24.4 Å². The van der Waals surface area contributed by atoms with Crippen LogP contribution in [-0.2, 0) is 0 Å². The molecule has 0 radical (unpaired) electrons. The monoisotopic (exact) mass is 202 g/mol. The van der Waals surface area contributed by atoms with Crippen LogP contribution in [0.1, 0.15) is 19.4 Å². The second kappa shape index (κ2) is 5.93. The summed E-state index contributed by atoms with van der Waals surface area (Å²) >= 11 is 0. The molecule has 1 unspecified atom stereocenters. The first-order valence-electron chi connectivity index (χ1n) is 4.24. The van der Waals surface area contributed by atoms with Gasteiger partial charge in [-0.15, -0.1) is 9.24 Å². The Morgan fingerprint density at radius 2 is 1.85 bits per heavy atom. The van der Waals surface area contributed by atoms with Crippen molar-refractivity contribution in [2.75, 3.05) is 7.11 Å². The second-order valence-electron chi connectivity index (χ2n) is 2.33. The van der Waals surface area contributed by atoms with Crippen molar-refractivity contribution >= 4 is 14.5 Å². The minimum Gasteiger partial charge on any atom is -0.496 e. The molecular formula is C10H16FOP. The molecule has 0 bridgehead atoms. The molecule has 0 saturated carbocycles. The maximum atomic E-state index is 12.9. The first-order chi connectivity index (χ1) is 6.15. The Bertz CT molecular complexity index is 274. The number of hydrogen-bond donors (Lipinski definition) is 0. The summed E-state index contributed by atoms with van der Waals surface area (Å²) in [5.41, 5.74) is 0.554. The minimum absolute atomic E-state index is 0.227. The molecule has 13 heavy (non-hydrogen) atoms. The summed E-state index contributed by atoms with van der Waals surface area (Å²) in [6, 6.07) is 3.24. The lowest BCUT2D eigenvalue weighted by Gasteiger charge is -2.05. The Kier molecular flexibility index (Phi) is 5.65. The summed E-state index contributed by atoms with van der Waals surface area (Å²) in [5, 5.41) is 0.796. The predicted molar refractivity (Wildman–Crippen MR) is 58.4 cm³/mol. The molecule has 1 aromatic rings. The van der Waals surface area contributed by atoms with Gasteiger partial charge in [-0.1, -0.05) is 13.8 Å². The molecule has 3 heteroatoms. The first-order valence-corrected chi connectivity index (χ1v) is 4.82. The van der Waals surface area contributed by atoms with Gasteiger partial charge >= 0.3 is 0 Å². The molecule has 1 rings (SSSR count). The SMILES string of the molecule is CC.COc1cc(P)cc(F)c1C. The molecule has 0 heterocycles. The van der Waals surface area contributed by atoms with E-state index in [1.807, 2.05) is 13.8 Å². The number of benzene rings is 1. The van der Waals surface area contributed by atoms with Crippen LogP contribution in [0.5, 0.6) is 5.75 Å². The average Bonchev–Trinajstić information content (AvgIpc) is 2.14. The lowest BCUT2D eigenvalue weighted by Crippen LogP contribution is -1.98. The molecule has 0 fully saturated rings. The van der Waals surface area contributed by atoms with Gasteiger partial charge in [-0.3, -0.25) is 0 Å². The minimum atomic E-state index is -0.227. The number of halogens is 1. The number of rotatable bonds is 1. The van der Waals surface area contributed by atoms with Gasteiger partial charge in [0.25, 0.3) is 0 Å². The highest BCUT2D eigenvalue weighted by Gasteiger charge is 2.04. The molecule has 0 amide bonds. The van der Waals surface area contributed by atoms with Crippen molar-refractivity contribution in [2.45, 2.75) is 20.8 Å². The van der Waals surface area contributed by atoms with E-state index in [-0.39, 0.29) is 5.82 Å².